The number of hydrogen-bond acceptors (Lipinski definition) is 3. The van der Waals surface area contributed by atoms with Crippen LogP contribution in [0.4, 0.5) is 18.9 Å². The zero-order valence-electron chi connectivity index (χ0n) is 20.5. The van der Waals surface area contributed by atoms with Gasteiger partial charge in [-0.15, -0.1) is 0 Å². The molecule has 0 aliphatic rings. The van der Waals surface area contributed by atoms with Gasteiger partial charge in [0, 0.05) is 18.2 Å². The summed E-state index contributed by atoms with van der Waals surface area (Å²) < 4.78 is 43.5. The Hall–Kier alpha value is -4.22. The first-order chi connectivity index (χ1) is 17.7. The third-order valence-electron chi connectivity index (χ3n) is 5.98. The Labute approximate surface area is 213 Å². The third-order valence-corrected chi connectivity index (χ3v) is 5.98. The van der Waals surface area contributed by atoms with Gasteiger partial charge in [0.25, 0.3) is 0 Å². The highest BCUT2D eigenvalue weighted by atomic mass is 19.4. The van der Waals surface area contributed by atoms with Gasteiger partial charge < -0.3 is 9.47 Å². The van der Waals surface area contributed by atoms with Crippen LogP contribution in [-0.2, 0) is 6.18 Å². The van der Waals surface area contributed by atoms with E-state index < -0.39 is 11.7 Å². The summed E-state index contributed by atoms with van der Waals surface area (Å²) in [6.45, 7) is 7.97. The molecule has 0 spiro atoms. The van der Waals surface area contributed by atoms with E-state index in [2.05, 4.69) is 9.83 Å². The van der Waals surface area contributed by atoms with E-state index in [0.29, 0.717) is 40.3 Å². The van der Waals surface area contributed by atoms with Crippen molar-refractivity contribution >= 4 is 11.5 Å². The van der Waals surface area contributed by atoms with Gasteiger partial charge in [-0.3, -0.25) is 9.78 Å². The summed E-state index contributed by atoms with van der Waals surface area (Å²) in [5, 5.41) is 0. The minimum absolute atomic E-state index is 0.0284. The SMILES string of the molecule is [C-]#[N+]c1ccc(-c2ccc(-c3ccc(C(=O)CCCN(C)C)cn3)n2-c2ccccc2C(F)(F)F)cc1. The number of para-hydroxylation sites is 1. The molecule has 0 aliphatic carbocycles. The van der Waals surface area contributed by atoms with E-state index in [1.807, 2.05) is 19.0 Å². The van der Waals surface area contributed by atoms with Crippen molar-refractivity contribution in [1.82, 2.24) is 14.5 Å². The molecular formula is C29H25F3N4O. The fraction of sp³-hybridized carbons (Fsp3) is 0.207. The molecule has 0 aliphatic heterocycles. The predicted octanol–water partition coefficient (Wildman–Crippen LogP) is 7.30. The van der Waals surface area contributed by atoms with Crippen molar-refractivity contribution < 1.29 is 18.0 Å². The smallest absolute Gasteiger partial charge is 0.309 e. The van der Waals surface area contributed by atoms with Crippen LogP contribution in [0.25, 0.3) is 33.2 Å². The second-order valence-electron chi connectivity index (χ2n) is 8.87. The number of Topliss-reactive ketones (excluding diaryl/α,β-unsaturated/α-hetero) is 1. The van der Waals surface area contributed by atoms with Gasteiger partial charge >= 0.3 is 6.18 Å². The van der Waals surface area contributed by atoms with Gasteiger partial charge in [0.15, 0.2) is 11.5 Å². The summed E-state index contributed by atoms with van der Waals surface area (Å²) in [6, 6.07) is 18.8. The van der Waals surface area contributed by atoms with Crippen LogP contribution >= 0.6 is 0 Å². The van der Waals surface area contributed by atoms with Crippen LogP contribution in [0.15, 0.2) is 79.0 Å². The lowest BCUT2D eigenvalue weighted by Gasteiger charge is -2.19. The van der Waals surface area contributed by atoms with Crippen molar-refractivity contribution in [2.45, 2.75) is 19.0 Å². The molecule has 0 amide bonds. The number of benzene rings is 2. The molecule has 4 rings (SSSR count). The van der Waals surface area contributed by atoms with E-state index in [0.717, 1.165) is 19.0 Å². The minimum atomic E-state index is -4.57. The molecule has 2 aromatic carbocycles. The Kier molecular flexibility index (Phi) is 7.55. The molecule has 4 aromatic rings. The van der Waals surface area contributed by atoms with Gasteiger partial charge in [0.05, 0.1) is 34.9 Å². The van der Waals surface area contributed by atoms with Crippen LogP contribution in [0, 0.1) is 6.57 Å². The standard InChI is InChI=1S/C29H25F3N4O/c1-33-22-13-10-20(11-14-22)25-16-17-27(36(25)26-8-5-4-7-23(26)29(30,31)32)24-15-12-21(19-34-24)28(37)9-6-18-35(2)3/h4-5,7-8,10-17,19H,6,9,18H2,2-3H3. The maximum Gasteiger partial charge on any atom is 0.418 e. The average Bonchev–Trinajstić information content (AvgIpc) is 3.33. The molecular weight excluding hydrogens is 477 g/mol. The average molecular weight is 503 g/mol. The number of carbonyl (C=O) groups is 1. The Bertz CT molecular complexity index is 1430. The Morgan fingerprint density at radius 2 is 1.68 bits per heavy atom. The largest absolute Gasteiger partial charge is 0.418 e. The van der Waals surface area contributed by atoms with E-state index in [1.54, 1.807) is 54.6 Å². The number of alkyl halides is 3. The summed E-state index contributed by atoms with van der Waals surface area (Å²) in [6.07, 6.45) is -1.98. The number of hydrogen-bond donors (Lipinski definition) is 0. The number of rotatable bonds is 8. The van der Waals surface area contributed by atoms with Crippen LogP contribution in [0.5, 0.6) is 0 Å². The van der Waals surface area contributed by atoms with Gasteiger partial charge in [-0.05, 0) is 69.0 Å². The van der Waals surface area contributed by atoms with Crippen molar-refractivity contribution in [3.8, 4) is 28.3 Å². The quantitative estimate of drug-likeness (QED) is 0.188. The summed E-state index contributed by atoms with van der Waals surface area (Å²) in [5.74, 6) is -0.0284. The minimum Gasteiger partial charge on any atom is -0.309 e. The molecule has 2 aromatic heterocycles. The first-order valence-corrected chi connectivity index (χ1v) is 11.7. The number of halogens is 3. The van der Waals surface area contributed by atoms with Crippen LogP contribution in [0.2, 0.25) is 0 Å². The molecule has 0 N–H and O–H groups in total. The fourth-order valence-electron chi connectivity index (χ4n) is 4.15. The maximum absolute atomic E-state index is 14.0. The first kappa shape index (κ1) is 25.9. The topological polar surface area (TPSA) is 42.5 Å². The highest BCUT2D eigenvalue weighted by molar-refractivity contribution is 5.96. The number of ketones is 1. The lowest BCUT2D eigenvalue weighted by Crippen LogP contribution is -2.14. The Balaban J connectivity index is 1.80. The van der Waals surface area contributed by atoms with Gasteiger partial charge in [0.2, 0.25) is 0 Å². The monoisotopic (exact) mass is 502 g/mol. The lowest BCUT2D eigenvalue weighted by atomic mass is 10.1. The fourth-order valence-corrected chi connectivity index (χ4v) is 4.15. The summed E-state index contributed by atoms with van der Waals surface area (Å²) in [4.78, 5) is 22.4. The van der Waals surface area contributed by atoms with Crippen LogP contribution < -0.4 is 0 Å². The van der Waals surface area contributed by atoms with Gasteiger partial charge in [0.1, 0.15) is 0 Å². The van der Waals surface area contributed by atoms with E-state index in [4.69, 9.17) is 6.57 Å². The summed E-state index contributed by atoms with van der Waals surface area (Å²) in [5.41, 5.74) is 2.15. The number of aromatic nitrogens is 2. The second kappa shape index (κ2) is 10.8. The Morgan fingerprint density at radius 3 is 2.30 bits per heavy atom. The molecule has 188 valence electrons. The molecule has 8 heteroatoms. The van der Waals surface area contributed by atoms with Crippen LogP contribution in [0.3, 0.4) is 0 Å². The second-order valence-corrected chi connectivity index (χ2v) is 8.87. The van der Waals surface area contributed by atoms with E-state index in [1.165, 1.54) is 22.9 Å². The number of nitrogens with zero attached hydrogens (tertiary/aromatic N) is 4. The molecule has 5 nitrogen and oxygen atoms in total. The van der Waals surface area contributed by atoms with Crippen molar-refractivity contribution in [2.24, 2.45) is 0 Å². The van der Waals surface area contributed by atoms with Crippen molar-refractivity contribution in [2.75, 3.05) is 20.6 Å². The first-order valence-electron chi connectivity index (χ1n) is 11.7. The summed E-state index contributed by atoms with van der Waals surface area (Å²) in [7, 11) is 3.89. The van der Waals surface area contributed by atoms with E-state index >= 15 is 0 Å². The van der Waals surface area contributed by atoms with Gasteiger partial charge in [-0.2, -0.15) is 13.2 Å². The molecule has 2 heterocycles. The van der Waals surface area contributed by atoms with Gasteiger partial charge in [-0.1, -0.05) is 36.4 Å². The van der Waals surface area contributed by atoms with Crippen LogP contribution in [-0.4, -0.2) is 40.9 Å². The van der Waals surface area contributed by atoms with Crippen molar-refractivity contribution in [1.29, 1.82) is 0 Å². The van der Waals surface area contributed by atoms with E-state index in [-0.39, 0.29) is 11.5 Å². The Morgan fingerprint density at radius 1 is 0.973 bits per heavy atom. The highest BCUT2D eigenvalue weighted by Crippen LogP contribution is 2.39. The molecule has 0 radical (unpaired) electrons. The van der Waals surface area contributed by atoms with Crippen molar-refractivity contribution in [3.05, 3.63) is 102 Å². The summed E-state index contributed by atoms with van der Waals surface area (Å²) >= 11 is 0. The third kappa shape index (κ3) is 5.79. The highest BCUT2D eigenvalue weighted by Gasteiger charge is 2.34. The normalized spacial score (nSPS) is 11.5. The van der Waals surface area contributed by atoms with Crippen molar-refractivity contribution in [3.63, 3.8) is 0 Å². The number of pyridine rings is 1. The number of carbonyl (C=O) groups excluding carboxylic acids is 1. The zero-order chi connectivity index (χ0) is 26.6. The van der Waals surface area contributed by atoms with Gasteiger partial charge in [-0.25, -0.2) is 4.85 Å². The lowest BCUT2D eigenvalue weighted by molar-refractivity contribution is -0.137. The van der Waals surface area contributed by atoms with Crippen LogP contribution in [0.1, 0.15) is 28.8 Å². The van der Waals surface area contributed by atoms with E-state index in [9.17, 15) is 18.0 Å². The molecule has 0 saturated carbocycles. The molecule has 0 saturated heterocycles. The molecule has 37 heavy (non-hydrogen) atoms. The molecule has 0 fully saturated rings. The predicted molar refractivity (Wildman–Crippen MR) is 138 cm³/mol. The molecule has 0 bridgehead atoms. The molecule has 0 unspecified atom stereocenters. The molecule has 0 atom stereocenters. The maximum atomic E-state index is 14.0. The zero-order valence-corrected chi connectivity index (χ0v) is 20.5.